The van der Waals surface area contributed by atoms with E-state index in [2.05, 4.69) is 9.47 Å². The normalized spacial score (nSPS) is 44.9. The third kappa shape index (κ3) is 2.50. The Bertz CT molecular complexity index is 382. The van der Waals surface area contributed by atoms with Crippen molar-refractivity contribution in [2.24, 2.45) is 0 Å². The zero-order chi connectivity index (χ0) is 12.8. The van der Waals surface area contributed by atoms with Crippen LogP contribution in [0.5, 0.6) is 0 Å². The van der Waals surface area contributed by atoms with Crippen LogP contribution >= 0.6 is 0 Å². The van der Waals surface area contributed by atoms with Gasteiger partial charge < -0.3 is 9.47 Å². The predicted molar refractivity (Wildman–Crippen MR) is 49.3 cm³/mol. The van der Waals surface area contributed by atoms with Gasteiger partial charge in [-0.15, -0.1) is 0 Å². The lowest BCUT2D eigenvalue weighted by atomic mass is 10.2. The minimum atomic E-state index is -4.80. The van der Waals surface area contributed by atoms with Gasteiger partial charge in [0, 0.05) is 6.92 Å². The highest BCUT2D eigenvalue weighted by atomic mass is 32.2. The van der Waals surface area contributed by atoms with Crippen LogP contribution in [0.3, 0.4) is 0 Å². The molecule has 3 unspecified atom stereocenters. The van der Waals surface area contributed by atoms with Crippen LogP contribution in [-0.4, -0.2) is 36.2 Å². The summed E-state index contributed by atoms with van der Waals surface area (Å²) in [5, 5.41) is 0. The van der Waals surface area contributed by atoms with Crippen LogP contribution in [0.4, 0.5) is 8.78 Å². The molecule has 1 aliphatic heterocycles. The summed E-state index contributed by atoms with van der Waals surface area (Å²) in [6.45, 7) is 7.57. The smallest absolute Gasteiger partial charge is 0.287 e. The fourth-order valence-corrected chi connectivity index (χ4v) is 2.05. The number of hydrogen-bond donors (Lipinski definition) is 1. The number of rotatable bonds is 3. The molecule has 0 aromatic carbocycles. The second-order valence-corrected chi connectivity index (χ2v) is 5.24. The molecular formula is C8H12F2O5S. The highest BCUT2D eigenvalue weighted by Crippen LogP contribution is 2.47. The Hall–Kier alpha value is -0.310. The average Bonchev–Trinajstić information content (AvgIpc) is 2.14. The SMILES string of the molecule is [CH]C1(F)OC(C)(CC)OC1(F)CS(=O)(=O)O. The van der Waals surface area contributed by atoms with Crippen molar-refractivity contribution in [3.05, 3.63) is 6.92 Å². The molecule has 1 saturated heterocycles. The van der Waals surface area contributed by atoms with E-state index in [1.165, 1.54) is 13.8 Å². The highest BCUT2D eigenvalue weighted by Gasteiger charge is 2.66. The lowest BCUT2D eigenvalue weighted by Gasteiger charge is -2.24. The van der Waals surface area contributed by atoms with E-state index >= 15 is 0 Å². The fraction of sp³-hybridized carbons (Fsp3) is 0.875. The maximum absolute atomic E-state index is 13.9. The summed E-state index contributed by atoms with van der Waals surface area (Å²) in [6, 6.07) is 0. The second kappa shape index (κ2) is 3.59. The van der Waals surface area contributed by atoms with Gasteiger partial charge in [-0.1, -0.05) is 6.92 Å². The summed E-state index contributed by atoms with van der Waals surface area (Å²) in [5.41, 5.74) is 0. The van der Waals surface area contributed by atoms with Crippen LogP contribution in [0.25, 0.3) is 0 Å². The van der Waals surface area contributed by atoms with Crippen LogP contribution in [0.15, 0.2) is 0 Å². The highest BCUT2D eigenvalue weighted by molar-refractivity contribution is 7.85. The molecule has 0 amide bonds. The molecule has 0 spiro atoms. The molecule has 8 heteroatoms. The van der Waals surface area contributed by atoms with E-state index in [0.717, 1.165) is 0 Å². The summed E-state index contributed by atoms with van der Waals surface area (Å²) in [5.74, 6) is -10.2. The van der Waals surface area contributed by atoms with Crippen molar-refractivity contribution < 1.29 is 31.2 Å². The zero-order valence-corrected chi connectivity index (χ0v) is 9.55. The van der Waals surface area contributed by atoms with Crippen LogP contribution in [0.2, 0.25) is 0 Å². The second-order valence-electron chi connectivity index (χ2n) is 3.79. The molecule has 0 aliphatic carbocycles. The Morgan fingerprint density at radius 1 is 1.38 bits per heavy atom. The van der Waals surface area contributed by atoms with E-state index in [1.807, 2.05) is 0 Å². The van der Waals surface area contributed by atoms with E-state index in [0.29, 0.717) is 0 Å². The molecule has 1 aliphatic rings. The molecular weight excluding hydrogens is 246 g/mol. The van der Waals surface area contributed by atoms with Crippen molar-refractivity contribution in [2.45, 2.75) is 37.8 Å². The first-order valence-electron chi connectivity index (χ1n) is 4.45. The number of halogens is 2. The molecule has 16 heavy (non-hydrogen) atoms. The fourth-order valence-electron chi connectivity index (χ4n) is 1.33. The molecule has 1 fully saturated rings. The third-order valence-electron chi connectivity index (χ3n) is 2.26. The Balaban J connectivity index is 3.05. The van der Waals surface area contributed by atoms with Crippen LogP contribution in [0.1, 0.15) is 20.3 Å². The predicted octanol–water partition coefficient (Wildman–Crippen LogP) is 1.09. The van der Waals surface area contributed by atoms with Gasteiger partial charge in [-0.05, 0) is 13.3 Å². The van der Waals surface area contributed by atoms with Gasteiger partial charge >= 0.3 is 0 Å². The molecule has 0 saturated carbocycles. The van der Waals surface area contributed by atoms with Gasteiger partial charge in [-0.3, -0.25) is 4.55 Å². The summed E-state index contributed by atoms with van der Waals surface area (Å²) >= 11 is 0. The summed E-state index contributed by atoms with van der Waals surface area (Å²) < 4.78 is 66.0. The zero-order valence-electron chi connectivity index (χ0n) is 8.74. The Morgan fingerprint density at radius 2 is 1.88 bits per heavy atom. The van der Waals surface area contributed by atoms with Gasteiger partial charge in [0.15, 0.2) is 5.79 Å². The van der Waals surface area contributed by atoms with Crippen molar-refractivity contribution in [2.75, 3.05) is 5.75 Å². The maximum atomic E-state index is 13.9. The van der Waals surface area contributed by atoms with E-state index in [4.69, 9.17) is 11.5 Å². The molecule has 94 valence electrons. The lowest BCUT2D eigenvalue weighted by Crippen LogP contribution is -2.48. The van der Waals surface area contributed by atoms with Crippen molar-refractivity contribution in [1.82, 2.24) is 0 Å². The molecule has 1 N–H and O–H groups in total. The monoisotopic (exact) mass is 258 g/mol. The first kappa shape index (κ1) is 13.8. The molecule has 1 heterocycles. The van der Waals surface area contributed by atoms with Gasteiger partial charge in [0.1, 0.15) is 5.75 Å². The Kier molecular flexibility index (Phi) is 3.09. The van der Waals surface area contributed by atoms with E-state index in [1.54, 1.807) is 0 Å². The first-order chi connectivity index (χ1) is 6.93. The van der Waals surface area contributed by atoms with Gasteiger partial charge in [-0.2, -0.15) is 8.42 Å². The van der Waals surface area contributed by atoms with E-state index in [-0.39, 0.29) is 6.42 Å². The largest absolute Gasteiger partial charge is 0.309 e. The molecule has 2 radical (unpaired) electrons. The molecule has 0 aromatic rings. The standard InChI is InChI=1S/C8H12F2O5S/c1-4-6(2)14-7(3,9)8(10,15-6)5-16(11,12)13/h3H,4-5H2,1-2H3,(H,11,12,13). The third-order valence-corrected chi connectivity index (χ3v) is 3.00. The minimum absolute atomic E-state index is 0.0486. The Morgan fingerprint density at radius 3 is 2.19 bits per heavy atom. The quantitative estimate of drug-likeness (QED) is 0.767. The Labute approximate surface area is 92.5 Å². The van der Waals surface area contributed by atoms with E-state index < -0.39 is 33.4 Å². The minimum Gasteiger partial charge on any atom is -0.309 e. The molecule has 3 atom stereocenters. The van der Waals surface area contributed by atoms with Crippen molar-refractivity contribution in [1.29, 1.82) is 0 Å². The van der Waals surface area contributed by atoms with Crippen LogP contribution < -0.4 is 0 Å². The summed E-state index contributed by atoms with van der Waals surface area (Å²) in [4.78, 5) is 0. The van der Waals surface area contributed by atoms with E-state index in [9.17, 15) is 17.2 Å². The number of ether oxygens (including phenoxy) is 2. The summed E-state index contributed by atoms with van der Waals surface area (Å²) in [7, 11) is -4.80. The van der Waals surface area contributed by atoms with Crippen LogP contribution in [-0.2, 0) is 19.6 Å². The number of alkyl halides is 2. The van der Waals surface area contributed by atoms with Crippen molar-refractivity contribution in [3.8, 4) is 0 Å². The lowest BCUT2D eigenvalue weighted by molar-refractivity contribution is -0.202. The van der Waals surface area contributed by atoms with Gasteiger partial charge in [0.05, 0.1) is 0 Å². The molecule has 5 nitrogen and oxygen atoms in total. The maximum Gasteiger partial charge on any atom is 0.287 e. The van der Waals surface area contributed by atoms with Gasteiger partial charge in [-0.25, -0.2) is 8.78 Å². The molecule has 0 aromatic heterocycles. The number of hydrogen-bond acceptors (Lipinski definition) is 4. The van der Waals surface area contributed by atoms with Gasteiger partial charge in [0.25, 0.3) is 21.8 Å². The topological polar surface area (TPSA) is 72.8 Å². The summed E-state index contributed by atoms with van der Waals surface area (Å²) in [6.07, 6.45) is 0.0486. The van der Waals surface area contributed by atoms with Gasteiger partial charge in [0.2, 0.25) is 0 Å². The van der Waals surface area contributed by atoms with Crippen molar-refractivity contribution in [3.63, 3.8) is 0 Å². The first-order valence-corrected chi connectivity index (χ1v) is 6.06. The molecule has 0 bridgehead atoms. The average molecular weight is 258 g/mol. The van der Waals surface area contributed by atoms with Crippen LogP contribution in [0, 0.1) is 6.92 Å². The van der Waals surface area contributed by atoms with Crippen molar-refractivity contribution >= 4 is 10.1 Å². The molecule has 1 rings (SSSR count).